The van der Waals surface area contributed by atoms with E-state index in [0.29, 0.717) is 79.4 Å². The molecule has 1 fully saturated rings. The van der Waals surface area contributed by atoms with Gasteiger partial charge < -0.3 is 39.5 Å². The van der Waals surface area contributed by atoms with Gasteiger partial charge in [0.15, 0.2) is 5.60 Å². The molecule has 0 saturated carbocycles. The van der Waals surface area contributed by atoms with Crippen LogP contribution in [0.3, 0.4) is 0 Å². The number of unbranched alkanes of at least 4 members (excludes halogenated alkanes) is 1. The minimum atomic E-state index is -2.74. The van der Waals surface area contributed by atoms with Crippen LogP contribution in [0.1, 0.15) is 60.9 Å². The van der Waals surface area contributed by atoms with E-state index in [1.165, 1.54) is 12.1 Å². The minimum absolute atomic E-state index is 0.0508. The molecule has 0 aromatic heterocycles. The van der Waals surface area contributed by atoms with Gasteiger partial charge in [0, 0.05) is 42.5 Å². The molecule has 4 heterocycles. The predicted octanol–water partition coefficient (Wildman–Crippen LogP) is 7.05. The van der Waals surface area contributed by atoms with E-state index >= 15 is 4.79 Å². The van der Waals surface area contributed by atoms with Crippen LogP contribution in [0, 0.1) is 16.0 Å². The molecule has 0 bridgehead atoms. The quantitative estimate of drug-likeness (QED) is 0.0376. The van der Waals surface area contributed by atoms with E-state index in [4.69, 9.17) is 14.2 Å². The summed E-state index contributed by atoms with van der Waals surface area (Å²) in [6.07, 6.45) is 1.42. The number of methoxy groups -OCH3 is 1. The molecule has 3 N–H and O–H groups in total. The number of rotatable bonds is 17. The van der Waals surface area contributed by atoms with Gasteiger partial charge in [-0.25, -0.2) is 0 Å². The third kappa shape index (κ3) is 9.12. The molecule has 4 aliphatic heterocycles. The summed E-state index contributed by atoms with van der Waals surface area (Å²) in [6, 6.07) is 32.5. The van der Waals surface area contributed by atoms with Gasteiger partial charge in [-0.2, -0.15) is 0 Å². The van der Waals surface area contributed by atoms with Crippen LogP contribution in [0.5, 0.6) is 11.5 Å². The second-order valence-corrected chi connectivity index (χ2v) is 24.4. The van der Waals surface area contributed by atoms with E-state index < -0.39 is 42.7 Å². The average Bonchev–Trinajstić information content (AvgIpc) is 3.80. The van der Waals surface area contributed by atoms with Gasteiger partial charge in [0.25, 0.3) is 11.6 Å². The highest BCUT2D eigenvalue weighted by atomic mass is 28.3. The van der Waals surface area contributed by atoms with Gasteiger partial charge in [-0.3, -0.25) is 29.4 Å². The lowest BCUT2D eigenvalue weighted by molar-refractivity contribution is -0.385. The molecule has 16 heteroatoms. The van der Waals surface area contributed by atoms with Crippen LogP contribution >= 0.6 is 0 Å². The first-order chi connectivity index (χ1) is 34.2. The summed E-state index contributed by atoms with van der Waals surface area (Å²) < 4.78 is 18.7. The van der Waals surface area contributed by atoms with Crippen LogP contribution in [0.2, 0.25) is 18.6 Å². The summed E-state index contributed by atoms with van der Waals surface area (Å²) in [5.41, 5.74) is 3.66. The first-order valence-corrected chi connectivity index (χ1v) is 27.7. The van der Waals surface area contributed by atoms with Crippen LogP contribution in [0.4, 0.5) is 22.7 Å². The molecular formula is C55H63N5O10Si. The number of nitrogens with zero attached hydrogens (tertiary/aromatic N) is 4. The maximum atomic E-state index is 15.8. The summed E-state index contributed by atoms with van der Waals surface area (Å²) >= 11 is 0. The molecule has 372 valence electrons. The molecule has 5 aromatic rings. The van der Waals surface area contributed by atoms with Gasteiger partial charge in [-0.15, -0.1) is 0 Å². The molecule has 15 nitrogen and oxygen atoms in total. The Morgan fingerprint density at radius 2 is 1.65 bits per heavy atom. The molecular weight excluding hydrogens is 919 g/mol. The smallest absolute Gasteiger partial charge is 0.269 e. The highest BCUT2D eigenvalue weighted by Crippen LogP contribution is 2.61. The highest BCUT2D eigenvalue weighted by Gasteiger charge is 2.67. The number of hydrogen-bond acceptors (Lipinski definition) is 11. The predicted molar refractivity (Wildman–Crippen MR) is 273 cm³/mol. The number of fused-ring (bicyclic) bond motifs is 4. The van der Waals surface area contributed by atoms with E-state index in [9.17, 15) is 29.9 Å². The molecule has 1 spiro atoms. The number of anilines is 3. The van der Waals surface area contributed by atoms with Gasteiger partial charge in [0.1, 0.15) is 11.5 Å². The van der Waals surface area contributed by atoms with Crippen molar-refractivity contribution in [1.29, 1.82) is 0 Å². The van der Waals surface area contributed by atoms with Crippen molar-refractivity contribution in [3.63, 3.8) is 0 Å². The van der Waals surface area contributed by atoms with E-state index in [-0.39, 0.29) is 55.1 Å². The second kappa shape index (κ2) is 20.4. The fourth-order valence-electron chi connectivity index (χ4n) is 11.8. The van der Waals surface area contributed by atoms with E-state index in [1.807, 2.05) is 105 Å². The molecule has 6 atom stereocenters. The summed E-state index contributed by atoms with van der Waals surface area (Å²) in [5, 5.41) is 37.0. The third-order valence-electron chi connectivity index (χ3n) is 15.3. The number of carbonyl (C=O) groups is 3. The Bertz CT molecular complexity index is 2820. The number of aliphatic hydroxyl groups is 2. The summed E-state index contributed by atoms with van der Waals surface area (Å²) in [6.45, 7) is 9.60. The number of hydrogen-bond donors (Lipinski definition) is 3. The summed E-state index contributed by atoms with van der Waals surface area (Å²) in [4.78, 5) is 62.2. The van der Waals surface area contributed by atoms with Crippen molar-refractivity contribution < 1.29 is 43.7 Å². The van der Waals surface area contributed by atoms with Crippen LogP contribution < -0.4 is 29.8 Å². The standard InChI is InChI=1S/C55H63N5O10Si/c1-6-69-44-19-23-48-39(28-44)29-47(56-24-9-10-25-61)53(64)59(48)40-15-11-12-36(26-40)32-58-49-22-16-41(60(66)67)30-46(49)55(54(58)65)35(2)52(71(4,5)45-20-17-43(68-3)18-21-45)50(70-55)31-51(63)57-33-38-14-8-7-13-37(38)27-42(57)34-62/h7-8,11-23,26,28,30,35,42,47,50,52,56,61-62H,6,9-10,24-25,27,29,31-34H2,1-5H3/t35-,42+,47?,50+,52-,55+/m1/s1. The van der Waals surface area contributed by atoms with Gasteiger partial charge in [-0.1, -0.05) is 73.7 Å². The fourth-order valence-corrected chi connectivity index (χ4v) is 15.8. The van der Waals surface area contributed by atoms with Crippen LogP contribution in [-0.4, -0.2) is 97.5 Å². The van der Waals surface area contributed by atoms with Gasteiger partial charge in [-0.05, 0) is 115 Å². The molecule has 3 amide bonds. The molecule has 5 aromatic carbocycles. The zero-order valence-electron chi connectivity index (χ0n) is 41.0. The molecule has 0 aliphatic carbocycles. The Balaban J connectivity index is 1.09. The van der Waals surface area contributed by atoms with Crippen molar-refractivity contribution in [1.82, 2.24) is 10.2 Å². The Morgan fingerprint density at radius 3 is 2.37 bits per heavy atom. The molecule has 1 saturated heterocycles. The second-order valence-electron chi connectivity index (χ2n) is 19.8. The van der Waals surface area contributed by atoms with Crippen LogP contribution in [0.15, 0.2) is 109 Å². The summed E-state index contributed by atoms with van der Waals surface area (Å²) in [5.74, 6) is 0.101. The Hall–Kier alpha value is -6.43. The maximum absolute atomic E-state index is 15.8. The highest BCUT2D eigenvalue weighted by molar-refractivity contribution is 6.91. The van der Waals surface area contributed by atoms with Gasteiger partial charge >= 0.3 is 0 Å². The number of carbonyl (C=O) groups excluding carboxylic acids is 3. The fraction of sp³-hybridized carbons (Fsp3) is 0.400. The first-order valence-electron chi connectivity index (χ1n) is 24.7. The molecule has 71 heavy (non-hydrogen) atoms. The molecule has 4 aliphatic rings. The third-order valence-corrected chi connectivity index (χ3v) is 19.7. The molecule has 0 radical (unpaired) electrons. The number of amides is 3. The largest absolute Gasteiger partial charge is 0.497 e. The zero-order chi connectivity index (χ0) is 50.2. The zero-order valence-corrected chi connectivity index (χ0v) is 42.0. The van der Waals surface area contributed by atoms with Crippen molar-refractivity contribution in [3.8, 4) is 11.5 Å². The number of benzene rings is 5. The normalized spacial score (nSPS) is 22.6. The number of aliphatic hydroxyl groups excluding tert-OH is 2. The van der Waals surface area contributed by atoms with Crippen molar-refractivity contribution >= 4 is 53.7 Å². The lowest BCUT2D eigenvalue weighted by Crippen LogP contribution is -2.52. The average molecular weight is 982 g/mol. The summed E-state index contributed by atoms with van der Waals surface area (Å²) in [7, 11) is -1.13. The number of ether oxygens (including phenoxy) is 3. The Morgan fingerprint density at radius 1 is 0.901 bits per heavy atom. The lowest BCUT2D eigenvalue weighted by atomic mass is 9.82. The Kier molecular flexibility index (Phi) is 14.2. The SMILES string of the molecule is CCOc1ccc2c(c1)CC(NCCCCO)C(=O)N2c1cccc(CN2C(=O)[C@@]3(O[C@@H](CC(=O)N4Cc5ccccc5C[C@H]4CO)[C@H]([Si](C)(C)c4ccc(OC)cc4)[C@H]3C)c3cc([N+](=O)[O-])ccc32)c1. The number of nitro benzene ring substituents is 1. The van der Waals surface area contributed by atoms with Gasteiger partial charge in [0.2, 0.25) is 11.8 Å². The maximum Gasteiger partial charge on any atom is 0.269 e. The van der Waals surface area contributed by atoms with Crippen molar-refractivity contribution in [2.45, 2.75) is 101 Å². The van der Waals surface area contributed by atoms with Gasteiger partial charge in [0.05, 0.1) is 75.8 Å². The van der Waals surface area contributed by atoms with Crippen LogP contribution in [-0.2, 0) is 50.7 Å². The monoisotopic (exact) mass is 981 g/mol. The first kappa shape index (κ1) is 49.5. The topological polar surface area (TPSA) is 184 Å². The molecule has 9 rings (SSSR count). The molecule has 1 unspecified atom stereocenters. The minimum Gasteiger partial charge on any atom is -0.497 e. The lowest BCUT2D eigenvalue weighted by Gasteiger charge is -2.39. The van der Waals surface area contributed by atoms with Crippen molar-refractivity contribution in [2.75, 3.05) is 43.3 Å². The van der Waals surface area contributed by atoms with Crippen molar-refractivity contribution in [2.24, 2.45) is 5.92 Å². The Labute approximate surface area is 415 Å². The van der Waals surface area contributed by atoms with Crippen molar-refractivity contribution in [3.05, 3.63) is 147 Å². The van der Waals surface area contributed by atoms with E-state index in [1.54, 1.807) is 27.9 Å². The number of nitrogens with one attached hydrogen (secondary N) is 1. The van der Waals surface area contributed by atoms with Crippen LogP contribution in [0.25, 0.3) is 0 Å². The van der Waals surface area contributed by atoms with E-state index in [0.717, 1.165) is 27.6 Å². The number of non-ortho nitro benzene ring substituents is 1. The number of nitro groups is 1. The van der Waals surface area contributed by atoms with E-state index in [2.05, 4.69) is 18.4 Å².